The van der Waals surface area contributed by atoms with Gasteiger partial charge < -0.3 is 4.74 Å². The second-order valence-electron chi connectivity index (χ2n) is 4.57. The topological polar surface area (TPSA) is 57.0 Å². The summed E-state index contributed by atoms with van der Waals surface area (Å²) in [6.45, 7) is 2.19. The van der Waals surface area contributed by atoms with Crippen LogP contribution in [0.1, 0.15) is 12.5 Å². The van der Waals surface area contributed by atoms with Crippen molar-refractivity contribution in [3.05, 3.63) is 54.5 Å². The summed E-state index contributed by atoms with van der Waals surface area (Å²) < 4.78 is 6.92. The van der Waals surface area contributed by atoms with Gasteiger partial charge in [-0.1, -0.05) is 18.2 Å². The van der Waals surface area contributed by atoms with Gasteiger partial charge in [0.25, 0.3) is 0 Å². The monoisotopic (exact) mass is 281 g/mol. The molecule has 0 radical (unpaired) electrons. The van der Waals surface area contributed by atoms with Crippen LogP contribution in [0.15, 0.2) is 48.9 Å². The van der Waals surface area contributed by atoms with E-state index in [2.05, 4.69) is 9.97 Å². The Hall–Kier alpha value is -2.69. The predicted molar refractivity (Wildman–Crippen MR) is 79.2 cm³/mol. The maximum Gasteiger partial charge on any atom is 0.310 e. The minimum absolute atomic E-state index is 0.227. The molecule has 0 bridgehead atoms. The second-order valence-corrected chi connectivity index (χ2v) is 4.57. The van der Waals surface area contributed by atoms with Crippen LogP contribution >= 0.6 is 0 Å². The van der Waals surface area contributed by atoms with Crippen molar-refractivity contribution in [2.75, 3.05) is 6.61 Å². The standard InChI is InChI=1S/C16H15N3O2/c1-2-21-15(20)10-12-11-19(16-17-8-5-9-18-16)14-7-4-3-6-13(12)14/h3-9,11H,2,10H2,1H3. The van der Waals surface area contributed by atoms with Gasteiger partial charge >= 0.3 is 5.97 Å². The largest absolute Gasteiger partial charge is 0.466 e. The summed E-state index contributed by atoms with van der Waals surface area (Å²) in [5.41, 5.74) is 1.89. The second kappa shape index (κ2) is 5.75. The molecular formula is C16H15N3O2. The van der Waals surface area contributed by atoms with Crippen molar-refractivity contribution in [3.8, 4) is 5.95 Å². The number of benzene rings is 1. The zero-order chi connectivity index (χ0) is 14.7. The van der Waals surface area contributed by atoms with E-state index >= 15 is 0 Å². The number of hydrogen-bond donors (Lipinski definition) is 0. The van der Waals surface area contributed by atoms with Gasteiger partial charge in [-0.2, -0.15) is 0 Å². The molecule has 3 aromatic rings. The molecule has 0 aliphatic rings. The number of esters is 1. The lowest BCUT2D eigenvalue weighted by Crippen LogP contribution is -2.07. The highest BCUT2D eigenvalue weighted by Gasteiger charge is 2.14. The molecule has 0 aliphatic heterocycles. The van der Waals surface area contributed by atoms with Crippen LogP contribution in [0.5, 0.6) is 0 Å². The molecule has 0 atom stereocenters. The lowest BCUT2D eigenvalue weighted by molar-refractivity contribution is -0.142. The van der Waals surface area contributed by atoms with Crippen LogP contribution < -0.4 is 0 Å². The third kappa shape index (κ3) is 2.63. The SMILES string of the molecule is CCOC(=O)Cc1cn(-c2ncccn2)c2ccccc12. The van der Waals surface area contributed by atoms with Crippen LogP contribution in [0, 0.1) is 0 Å². The summed E-state index contributed by atoms with van der Waals surface area (Å²) in [7, 11) is 0. The van der Waals surface area contributed by atoms with Crippen molar-refractivity contribution in [1.29, 1.82) is 0 Å². The van der Waals surface area contributed by atoms with Crippen LogP contribution in [0.3, 0.4) is 0 Å². The highest BCUT2D eigenvalue weighted by atomic mass is 16.5. The fourth-order valence-corrected chi connectivity index (χ4v) is 2.34. The van der Waals surface area contributed by atoms with E-state index in [-0.39, 0.29) is 12.4 Å². The van der Waals surface area contributed by atoms with Crippen LogP contribution in [-0.2, 0) is 16.0 Å². The molecule has 0 aliphatic carbocycles. The summed E-state index contributed by atoms with van der Waals surface area (Å²) in [6.07, 6.45) is 5.54. The maximum atomic E-state index is 11.7. The molecule has 106 valence electrons. The minimum atomic E-state index is -0.227. The first-order chi connectivity index (χ1) is 10.3. The molecule has 0 spiro atoms. The number of hydrogen-bond acceptors (Lipinski definition) is 4. The Kier molecular flexibility index (Phi) is 3.64. The predicted octanol–water partition coefficient (Wildman–Crippen LogP) is 2.53. The Labute approximate surface area is 122 Å². The number of carbonyl (C=O) groups is 1. The van der Waals surface area contributed by atoms with Crippen molar-refractivity contribution in [1.82, 2.24) is 14.5 Å². The van der Waals surface area contributed by atoms with Crippen LogP contribution in [0.2, 0.25) is 0 Å². The van der Waals surface area contributed by atoms with Gasteiger partial charge in [-0.25, -0.2) is 9.97 Å². The van der Waals surface area contributed by atoms with E-state index in [0.29, 0.717) is 12.6 Å². The van der Waals surface area contributed by atoms with Gasteiger partial charge in [0.2, 0.25) is 5.95 Å². The van der Waals surface area contributed by atoms with Gasteiger partial charge in [-0.3, -0.25) is 9.36 Å². The van der Waals surface area contributed by atoms with Crippen LogP contribution in [0.4, 0.5) is 0 Å². The van der Waals surface area contributed by atoms with E-state index in [1.165, 1.54) is 0 Å². The first kappa shape index (κ1) is 13.3. The number of carbonyl (C=O) groups excluding carboxylic acids is 1. The van der Waals surface area contributed by atoms with Crippen molar-refractivity contribution >= 4 is 16.9 Å². The lowest BCUT2D eigenvalue weighted by atomic mass is 10.1. The molecule has 5 heteroatoms. The zero-order valence-corrected chi connectivity index (χ0v) is 11.7. The quantitative estimate of drug-likeness (QED) is 0.689. The third-order valence-electron chi connectivity index (χ3n) is 3.20. The smallest absolute Gasteiger partial charge is 0.310 e. The molecule has 2 aromatic heterocycles. The Morgan fingerprint density at radius 1 is 1.19 bits per heavy atom. The molecule has 1 aromatic carbocycles. The first-order valence-electron chi connectivity index (χ1n) is 6.81. The molecular weight excluding hydrogens is 266 g/mol. The number of aromatic nitrogens is 3. The summed E-state index contributed by atoms with van der Waals surface area (Å²) in [6, 6.07) is 9.65. The molecule has 0 fully saturated rings. The van der Waals surface area contributed by atoms with E-state index in [1.807, 2.05) is 35.0 Å². The normalized spacial score (nSPS) is 10.7. The zero-order valence-electron chi connectivity index (χ0n) is 11.7. The van der Waals surface area contributed by atoms with Gasteiger partial charge in [0.05, 0.1) is 18.5 Å². The minimum Gasteiger partial charge on any atom is -0.466 e. The van der Waals surface area contributed by atoms with Crippen LogP contribution in [-0.4, -0.2) is 27.1 Å². The third-order valence-corrected chi connectivity index (χ3v) is 3.20. The van der Waals surface area contributed by atoms with E-state index in [0.717, 1.165) is 16.5 Å². The van der Waals surface area contributed by atoms with E-state index in [4.69, 9.17) is 4.74 Å². The number of para-hydroxylation sites is 1. The molecule has 0 amide bonds. The Morgan fingerprint density at radius 2 is 1.95 bits per heavy atom. The molecule has 3 rings (SSSR count). The lowest BCUT2D eigenvalue weighted by Gasteiger charge is -2.01. The van der Waals surface area contributed by atoms with E-state index in [9.17, 15) is 4.79 Å². The van der Waals surface area contributed by atoms with E-state index in [1.54, 1.807) is 25.4 Å². The average Bonchev–Trinajstić information content (AvgIpc) is 2.87. The molecule has 0 saturated heterocycles. The van der Waals surface area contributed by atoms with Crippen molar-refractivity contribution in [2.24, 2.45) is 0 Å². The fraction of sp³-hybridized carbons (Fsp3) is 0.188. The molecule has 21 heavy (non-hydrogen) atoms. The maximum absolute atomic E-state index is 11.7. The number of ether oxygens (including phenoxy) is 1. The first-order valence-corrected chi connectivity index (χ1v) is 6.81. The van der Waals surface area contributed by atoms with Crippen molar-refractivity contribution in [3.63, 3.8) is 0 Å². The van der Waals surface area contributed by atoms with Crippen molar-refractivity contribution in [2.45, 2.75) is 13.3 Å². The summed E-state index contributed by atoms with van der Waals surface area (Å²) in [4.78, 5) is 20.3. The summed E-state index contributed by atoms with van der Waals surface area (Å²) in [5.74, 6) is 0.359. The fourth-order valence-electron chi connectivity index (χ4n) is 2.34. The van der Waals surface area contributed by atoms with Gasteiger partial charge in [0, 0.05) is 24.0 Å². The summed E-state index contributed by atoms with van der Waals surface area (Å²) in [5, 5.41) is 1.01. The van der Waals surface area contributed by atoms with Gasteiger partial charge in [0.15, 0.2) is 0 Å². The van der Waals surface area contributed by atoms with Gasteiger partial charge in [0.1, 0.15) is 0 Å². The van der Waals surface area contributed by atoms with Gasteiger partial charge in [-0.15, -0.1) is 0 Å². The highest BCUT2D eigenvalue weighted by molar-refractivity contribution is 5.88. The average molecular weight is 281 g/mol. The summed E-state index contributed by atoms with van der Waals surface area (Å²) >= 11 is 0. The molecule has 5 nitrogen and oxygen atoms in total. The molecule has 0 unspecified atom stereocenters. The highest BCUT2D eigenvalue weighted by Crippen LogP contribution is 2.24. The molecule has 0 N–H and O–H groups in total. The number of fused-ring (bicyclic) bond motifs is 1. The van der Waals surface area contributed by atoms with Crippen molar-refractivity contribution < 1.29 is 9.53 Å². The van der Waals surface area contributed by atoms with E-state index < -0.39 is 0 Å². The van der Waals surface area contributed by atoms with Gasteiger partial charge in [-0.05, 0) is 24.6 Å². The van der Waals surface area contributed by atoms with Crippen LogP contribution in [0.25, 0.3) is 16.9 Å². The molecule has 2 heterocycles. The Morgan fingerprint density at radius 3 is 2.71 bits per heavy atom. The Bertz CT molecular complexity index is 766. The number of nitrogens with zero attached hydrogens (tertiary/aromatic N) is 3. The number of rotatable bonds is 4. The molecule has 0 saturated carbocycles. The Balaban J connectivity index is 2.08.